The normalized spacial score (nSPS) is 20.6. The molecule has 1 aliphatic heterocycles. The summed E-state index contributed by atoms with van der Waals surface area (Å²) in [6.07, 6.45) is 3.40. The Labute approximate surface area is 162 Å². The molecule has 3 aromatic rings. The van der Waals surface area contributed by atoms with Gasteiger partial charge in [0.1, 0.15) is 11.5 Å². The van der Waals surface area contributed by atoms with Crippen molar-refractivity contribution >= 4 is 11.7 Å². The number of likely N-dealkylation sites (tertiary alicyclic amines) is 1. The molecule has 0 radical (unpaired) electrons. The molecule has 0 bridgehead atoms. The number of aromatic nitrogens is 4. The van der Waals surface area contributed by atoms with Crippen molar-refractivity contribution in [2.24, 2.45) is 0 Å². The smallest absolute Gasteiger partial charge is 0.270 e. The second kappa shape index (κ2) is 7.33. The van der Waals surface area contributed by atoms with Gasteiger partial charge in [-0.15, -0.1) is 0 Å². The van der Waals surface area contributed by atoms with Crippen LogP contribution in [-0.2, 0) is 6.54 Å². The van der Waals surface area contributed by atoms with Crippen molar-refractivity contribution in [2.45, 2.75) is 45.9 Å². The highest BCUT2D eigenvalue weighted by Gasteiger charge is 2.31. The number of aliphatic hydroxyl groups is 1. The van der Waals surface area contributed by atoms with Crippen LogP contribution in [-0.4, -0.2) is 60.7 Å². The van der Waals surface area contributed by atoms with Gasteiger partial charge in [-0.3, -0.25) is 14.1 Å². The zero-order valence-corrected chi connectivity index (χ0v) is 16.2. The third-order valence-corrected chi connectivity index (χ3v) is 5.34. The van der Waals surface area contributed by atoms with E-state index in [0.717, 1.165) is 23.6 Å². The number of rotatable bonds is 4. The van der Waals surface area contributed by atoms with Crippen molar-refractivity contribution in [3.05, 3.63) is 46.9 Å². The number of imidazole rings is 1. The Morgan fingerprint density at radius 1 is 1.36 bits per heavy atom. The maximum absolute atomic E-state index is 12.8. The Kier molecular flexibility index (Phi) is 4.86. The summed E-state index contributed by atoms with van der Waals surface area (Å²) >= 11 is 0. The number of amides is 1. The minimum atomic E-state index is -0.657. The van der Waals surface area contributed by atoms with Crippen molar-refractivity contribution in [1.82, 2.24) is 29.7 Å². The number of hydrogen-bond donors (Lipinski definition) is 2. The molecule has 0 unspecified atom stereocenters. The van der Waals surface area contributed by atoms with Crippen molar-refractivity contribution < 1.29 is 14.4 Å². The number of aryl methyl sites for hydroxylation is 3. The molecule has 1 fully saturated rings. The molecule has 1 aliphatic rings. The third kappa shape index (κ3) is 3.38. The lowest BCUT2D eigenvalue weighted by atomic mass is 10.0. The van der Waals surface area contributed by atoms with Crippen LogP contribution in [0.4, 0.5) is 0 Å². The minimum absolute atomic E-state index is 0.249. The number of β-amino-alcohol motifs (C(OH)–C–C–N with tert-alkyl or cyclic N) is 1. The molecular weight excluding hydrogens is 360 g/mol. The summed E-state index contributed by atoms with van der Waals surface area (Å²) in [5.74, 6) is 1.04. The topological polar surface area (TPSA) is 109 Å². The summed E-state index contributed by atoms with van der Waals surface area (Å²) in [6, 6.07) is 1.45. The molecule has 0 saturated carbocycles. The Bertz CT molecular complexity index is 991. The Morgan fingerprint density at radius 3 is 2.89 bits per heavy atom. The number of fused-ring (bicyclic) bond motifs is 1. The van der Waals surface area contributed by atoms with Crippen molar-refractivity contribution in [2.75, 3.05) is 13.1 Å². The predicted octanol–water partition coefficient (Wildman–Crippen LogP) is 1.01. The molecule has 1 saturated heterocycles. The zero-order valence-electron chi connectivity index (χ0n) is 16.2. The number of piperidine rings is 1. The maximum atomic E-state index is 12.8. The van der Waals surface area contributed by atoms with E-state index in [1.54, 1.807) is 29.8 Å². The SMILES string of the molecule is Cc1noc(C)c1CN1CC[C@@H](NC(=O)c2c(C)nc3ncccn23)[C@H](O)C1. The lowest BCUT2D eigenvalue weighted by Crippen LogP contribution is -2.54. The fourth-order valence-electron chi connectivity index (χ4n) is 3.77. The van der Waals surface area contributed by atoms with E-state index in [9.17, 15) is 9.90 Å². The van der Waals surface area contributed by atoms with Crippen molar-refractivity contribution in [3.8, 4) is 0 Å². The van der Waals surface area contributed by atoms with Crippen LogP contribution in [0, 0.1) is 20.8 Å². The molecule has 4 heterocycles. The second-order valence-electron chi connectivity index (χ2n) is 7.31. The number of carbonyl (C=O) groups is 1. The molecule has 148 valence electrons. The molecule has 2 N–H and O–H groups in total. The quantitative estimate of drug-likeness (QED) is 0.691. The molecule has 0 aliphatic carbocycles. The van der Waals surface area contributed by atoms with E-state index in [1.807, 2.05) is 13.8 Å². The zero-order chi connectivity index (χ0) is 19.8. The summed E-state index contributed by atoms with van der Waals surface area (Å²) in [6.45, 7) is 7.51. The van der Waals surface area contributed by atoms with Crippen LogP contribution in [0.1, 0.15) is 39.6 Å². The first-order chi connectivity index (χ1) is 13.4. The average Bonchev–Trinajstić information content (AvgIpc) is 3.16. The lowest BCUT2D eigenvalue weighted by Gasteiger charge is -2.36. The minimum Gasteiger partial charge on any atom is -0.390 e. The van der Waals surface area contributed by atoms with Crippen LogP contribution in [0.15, 0.2) is 23.0 Å². The van der Waals surface area contributed by atoms with Crippen LogP contribution >= 0.6 is 0 Å². The van der Waals surface area contributed by atoms with Gasteiger partial charge in [0, 0.05) is 37.6 Å². The molecule has 9 nitrogen and oxygen atoms in total. The van der Waals surface area contributed by atoms with Gasteiger partial charge in [0.05, 0.1) is 23.5 Å². The van der Waals surface area contributed by atoms with Gasteiger partial charge in [-0.05, 0) is 33.3 Å². The number of aliphatic hydroxyl groups excluding tert-OH is 1. The molecule has 3 aromatic heterocycles. The molecule has 28 heavy (non-hydrogen) atoms. The number of nitrogens with one attached hydrogen (secondary N) is 1. The fourth-order valence-corrected chi connectivity index (χ4v) is 3.77. The van der Waals surface area contributed by atoms with Crippen molar-refractivity contribution in [1.29, 1.82) is 0 Å². The highest BCUT2D eigenvalue weighted by Crippen LogP contribution is 2.19. The van der Waals surface area contributed by atoms with E-state index in [-0.39, 0.29) is 11.9 Å². The van der Waals surface area contributed by atoms with E-state index in [0.29, 0.717) is 36.7 Å². The van der Waals surface area contributed by atoms with Gasteiger partial charge >= 0.3 is 0 Å². The lowest BCUT2D eigenvalue weighted by molar-refractivity contribution is 0.0346. The van der Waals surface area contributed by atoms with Gasteiger partial charge in [-0.1, -0.05) is 5.16 Å². The molecular formula is C19H24N6O3. The molecule has 2 atom stereocenters. The Hall–Kier alpha value is -2.78. The van der Waals surface area contributed by atoms with E-state index >= 15 is 0 Å². The number of carbonyl (C=O) groups excluding carboxylic acids is 1. The highest BCUT2D eigenvalue weighted by molar-refractivity contribution is 5.94. The van der Waals surface area contributed by atoms with E-state index in [2.05, 4.69) is 25.3 Å². The summed E-state index contributed by atoms with van der Waals surface area (Å²) in [5.41, 5.74) is 3.00. The first-order valence-electron chi connectivity index (χ1n) is 9.36. The second-order valence-corrected chi connectivity index (χ2v) is 7.31. The molecule has 9 heteroatoms. The van der Waals surface area contributed by atoms with Gasteiger partial charge in [0.25, 0.3) is 5.91 Å². The summed E-state index contributed by atoms with van der Waals surface area (Å²) in [7, 11) is 0. The summed E-state index contributed by atoms with van der Waals surface area (Å²) < 4.78 is 6.89. The first kappa shape index (κ1) is 18.6. The van der Waals surface area contributed by atoms with Gasteiger partial charge < -0.3 is 14.9 Å². The van der Waals surface area contributed by atoms with Crippen LogP contribution < -0.4 is 5.32 Å². The summed E-state index contributed by atoms with van der Waals surface area (Å²) in [4.78, 5) is 23.5. The maximum Gasteiger partial charge on any atom is 0.270 e. The van der Waals surface area contributed by atoms with Gasteiger partial charge in [0.2, 0.25) is 5.78 Å². The Morgan fingerprint density at radius 2 is 2.18 bits per heavy atom. The van der Waals surface area contributed by atoms with E-state index in [1.165, 1.54) is 0 Å². The molecule has 4 rings (SSSR count). The third-order valence-electron chi connectivity index (χ3n) is 5.34. The number of hydrogen-bond acceptors (Lipinski definition) is 7. The van der Waals surface area contributed by atoms with Crippen LogP contribution in [0.25, 0.3) is 5.78 Å². The van der Waals surface area contributed by atoms with Gasteiger partial charge in [-0.25, -0.2) is 9.97 Å². The van der Waals surface area contributed by atoms with Crippen LogP contribution in [0.2, 0.25) is 0 Å². The van der Waals surface area contributed by atoms with Crippen LogP contribution in [0.3, 0.4) is 0 Å². The summed E-state index contributed by atoms with van der Waals surface area (Å²) in [5, 5.41) is 17.6. The Balaban J connectivity index is 1.42. The predicted molar refractivity (Wildman–Crippen MR) is 101 cm³/mol. The highest BCUT2D eigenvalue weighted by atomic mass is 16.5. The standard InChI is InChI=1S/C19H24N6O3/c1-11-14(13(3)28-23-11)9-24-8-5-15(16(26)10-24)22-18(27)17-12(2)21-19-20-6-4-7-25(17)19/h4,6-7,15-16,26H,5,8-10H2,1-3H3,(H,22,27)/t15-,16-/m1/s1. The molecule has 0 aromatic carbocycles. The van der Waals surface area contributed by atoms with Gasteiger partial charge in [-0.2, -0.15) is 0 Å². The van der Waals surface area contributed by atoms with Crippen LogP contribution in [0.5, 0.6) is 0 Å². The molecule has 1 amide bonds. The van der Waals surface area contributed by atoms with E-state index < -0.39 is 6.10 Å². The first-order valence-corrected chi connectivity index (χ1v) is 9.36. The van der Waals surface area contributed by atoms with Crippen molar-refractivity contribution in [3.63, 3.8) is 0 Å². The molecule has 0 spiro atoms. The number of nitrogens with zero attached hydrogens (tertiary/aromatic N) is 5. The fraction of sp³-hybridized carbons (Fsp3) is 0.474. The monoisotopic (exact) mass is 384 g/mol. The largest absolute Gasteiger partial charge is 0.390 e. The van der Waals surface area contributed by atoms with E-state index in [4.69, 9.17) is 4.52 Å². The average molecular weight is 384 g/mol. The van der Waals surface area contributed by atoms with Gasteiger partial charge in [0.15, 0.2) is 0 Å².